The number of methoxy groups -OCH3 is 1. The lowest BCUT2D eigenvalue weighted by molar-refractivity contribution is 0.0690. The molecule has 0 unspecified atom stereocenters. The quantitative estimate of drug-likeness (QED) is 0.930. The van der Waals surface area contributed by atoms with Crippen molar-refractivity contribution >= 4 is 11.8 Å². The van der Waals surface area contributed by atoms with Crippen molar-refractivity contribution in [1.29, 1.82) is 0 Å². The summed E-state index contributed by atoms with van der Waals surface area (Å²) in [6.07, 6.45) is 3.27. The molecule has 1 aliphatic rings. The topological polar surface area (TPSA) is 80.5 Å². The summed E-state index contributed by atoms with van der Waals surface area (Å²) in [5.41, 5.74) is 0.698. The predicted octanol–water partition coefficient (Wildman–Crippen LogP) is 1.96. The highest BCUT2D eigenvalue weighted by atomic mass is 16.5. The first-order valence-corrected chi connectivity index (χ1v) is 7.29. The minimum atomic E-state index is -1.06. The Kier molecular flexibility index (Phi) is 3.95. The largest absolute Gasteiger partial charge is 0.497 e. The van der Waals surface area contributed by atoms with E-state index >= 15 is 0 Å². The first-order valence-electron chi connectivity index (χ1n) is 7.29. The van der Waals surface area contributed by atoms with Crippen molar-refractivity contribution in [1.82, 2.24) is 15.0 Å². The number of anilines is 1. The van der Waals surface area contributed by atoms with Gasteiger partial charge in [0.2, 0.25) is 5.69 Å². The average Bonchev–Trinajstić information content (AvgIpc) is 3.01. The minimum Gasteiger partial charge on any atom is -0.497 e. The minimum absolute atomic E-state index is 0.00211. The lowest BCUT2D eigenvalue weighted by atomic mass is 10.1. The Labute approximate surface area is 128 Å². The van der Waals surface area contributed by atoms with Crippen molar-refractivity contribution < 1.29 is 14.6 Å². The van der Waals surface area contributed by atoms with Crippen molar-refractivity contribution in [2.24, 2.45) is 0 Å². The first kappa shape index (κ1) is 14.4. The van der Waals surface area contributed by atoms with E-state index < -0.39 is 5.97 Å². The zero-order chi connectivity index (χ0) is 15.5. The van der Waals surface area contributed by atoms with Gasteiger partial charge in [-0.25, -0.2) is 4.79 Å². The molecule has 116 valence electrons. The monoisotopic (exact) mass is 302 g/mol. The fourth-order valence-corrected chi connectivity index (χ4v) is 2.59. The van der Waals surface area contributed by atoms with Gasteiger partial charge in [-0.3, -0.25) is 0 Å². The Bertz CT molecular complexity index is 660. The summed E-state index contributed by atoms with van der Waals surface area (Å²) >= 11 is 0. The number of rotatable bonds is 4. The zero-order valence-electron chi connectivity index (χ0n) is 12.4. The smallest absolute Gasteiger partial charge is 0.360 e. The highest BCUT2D eigenvalue weighted by molar-refractivity contribution is 5.91. The van der Waals surface area contributed by atoms with E-state index in [1.807, 2.05) is 4.90 Å². The molecule has 1 fully saturated rings. The Balaban J connectivity index is 1.96. The van der Waals surface area contributed by atoms with E-state index in [0.29, 0.717) is 11.5 Å². The Hall–Kier alpha value is -2.57. The van der Waals surface area contributed by atoms with Gasteiger partial charge in [0.1, 0.15) is 5.75 Å². The molecular weight excluding hydrogens is 284 g/mol. The summed E-state index contributed by atoms with van der Waals surface area (Å²) < 4.78 is 5.11. The molecule has 7 nitrogen and oxygen atoms in total. The van der Waals surface area contributed by atoms with Gasteiger partial charge in [-0.2, -0.15) is 0 Å². The van der Waals surface area contributed by atoms with Gasteiger partial charge in [0.25, 0.3) is 0 Å². The van der Waals surface area contributed by atoms with E-state index in [1.165, 1.54) is 11.2 Å². The van der Waals surface area contributed by atoms with Gasteiger partial charge >= 0.3 is 5.97 Å². The molecule has 0 radical (unpaired) electrons. The van der Waals surface area contributed by atoms with Crippen molar-refractivity contribution in [3.63, 3.8) is 0 Å². The molecule has 0 bridgehead atoms. The van der Waals surface area contributed by atoms with Crippen LogP contribution in [0.3, 0.4) is 0 Å². The fraction of sp³-hybridized carbons (Fsp3) is 0.400. The van der Waals surface area contributed by atoms with Crippen LogP contribution in [-0.4, -0.2) is 46.3 Å². The highest BCUT2D eigenvalue weighted by Gasteiger charge is 2.24. The lowest BCUT2D eigenvalue weighted by Gasteiger charge is -2.26. The molecule has 3 rings (SSSR count). The first-order chi connectivity index (χ1) is 10.7. The second-order valence-corrected chi connectivity index (χ2v) is 5.21. The molecule has 0 amide bonds. The maximum atomic E-state index is 11.4. The van der Waals surface area contributed by atoms with Gasteiger partial charge in [-0.1, -0.05) is 0 Å². The number of ether oxygens (including phenoxy) is 1. The molecule has 2 aromatic rings. The van der Waals surface area contributed by atoms with E-state index in [2.05, 4.69) is 10.2 Å². The van der Waals surface area contributed by atoms with E-state index in [0.717, 1.165) is 31.7 Å². The van der Waals surface area contributed by atoms with Crippen molar-refractivity contribution in [3.8, 4) is 11.4 Å². The number of aromatic nitrogens is 3. The SMILES string of the molecule is COc1ccc(-n2nc(C(=O)O)c(N3CCCCC3)n2)cc1. The maximum Gasteiger partial charge on any atom is 0.360 e. The number of hydrogen-bond donors (Lipinski definition) is 1. The number of benzene rings is 1. The average molecular weight is 302 g/mol. The Morgan fingerprint density at radius 1 is 1.14 bits per heavy atom. The van der Waals surface area contributed by atoms with Crippen LogP contribution >= 0.6 is 0 Å². The molecule has 0 atom stereocenters. The zero-order valence-corrected chi connectivity index (χ0v) is 12.4. The van der Waals surface area contributed by atoms with Crippen LogP contribution in [0.1, 0.15) is 29.8 Å². The van der Waals surface area contributed by atoms with Crippen LogP contribution in [-0.2, 0) is 0 Å². The molecule has 2 heterocycles. The normalized spacial score (nSPS) is 14.9. The van der Waals surface area contributed by atoms with Crippen LogP contribution in [0.5, 0.6) is 5.75 Å². The van der Waals surface area contributed by atoms with Gasteiger partial charge < -0.3 is 14.7 Å². The molecule has 22 heavy (non-hydrogen) atoms. The third-order valence-corrected chi connectivity index (χ3v) is 3.76. The van der Waals surface area contributed by atoms with Crippen LogP contribution in [0.25, 0.3) is 5.69 Å². The number of nitrogens with zero attached hydrogens (tertiary/aromatic N) is 4. The summed E-state index contributed by atoms with van der Waals surface area (Å²) in [6.45, 7) is 1.64. The molecule has 1 aromatic carbocycles. The van der Waals surface area contributed by atoms with Crippen molar-refractivity contribution in [2.45, 2.75) is 19.3 Å². The number of carbonyl (C=O) groups is 1. The summed E-state index contributed by atoms with van der Waals surface area (Å²) in [5, 5.41) is 17.9. The second-order valence-electron chi connectivity index (χ2n) is 5.21. The number of aromatic carboxylic acids is 1. The number of carboxylic acid groups (broad SMARTS) is 1. The van der Waals surface area contributed by atoms with Crippen LogP contribution < -0.4 is 9.64 Å². The van der Waals surface area contributed by atoms with Gasteiger partial charge in [0.05, 0.1) is 12.8 Å². The molecule has 1 aliphatic heterocycles. The molecule has 1 N–H and O–H groups in total. The second kappa shape index (κ2) is 6.05. The molecule has 0 spiro atoms. The molecule has 0 aliphatic carbocycles. The van der Waals surface area contributed by atoms with Gasteiger partial charge in [0.15, 0.2) is 5.82 Å². The van der Waals surface area contributed by atoms with Gasteiger partial charge in [-0.05, 0) is 43.5 Å². The number of piperidine rings is 1. The predicted molar refractivity (Wildman–Crippen MR) is 80.9 cm³/mol. The fourth-order valence-electron chi connectivity index (χ4n) is 2.59. The molecule has 0 saturated carbocycles. The summed E-state index contributed by atoms with van der Waals surface area (Å²) in [7, 11) is 1.60. The molecule has 1 aromatic heterocycles. The summed E-state index contributed by atoms with van der Waals surface area (Å²) in [4.78, 5) is 14.8. The van der Waals surface area contributed by atoms with Gasteiger partial charge in [-0.15, -0.1) is 15.0 Å². The Morgan fingerprint density at radius 3 is 2.41 bits per heavy atom. The highest BCUT2D eigenvalue weighted by Crippen LogP contribution is 2.22. The Morgan fingerprint density at radius 2 is 1.82 bits per heavy atom. The van der Waals surface area contributed by atoms with E-state index in [1.54, 1.807) is 31.4 Å². The summed E-state index contributed by atoms with van der Waals surface area (Å²) in [6, 6.07) is 7.17. The summed E-state index contributed by atoms with van der Waals surface area (Å²) in [5.74, 6) is 0.119. The van der Waals surface area contributed by atoms with E-state index in [9.17, 15) is 9.90 Å². The van der Waals surface area contributed by atoms with E-state index in [-0.39, 0.29) is 5.69 Å². The van der Waals surface area contributed by atoms with Crippen LogP contribution in [0.4, 0.5) is 5.82 Å². The van der Waals surface area contributed by atoms with Crippen LogP contribution in [0.15, 0.2) is 24.3 Å². The molecule has 1 saturated heterocycles. The van der Waals surface area contributed by atoms with Crippen molar-refractivity contribution in [2.75, 3.05) is 25.1 Å². The third-order valence-electron chi connectivity index (χ3n) is 3.76. The lowest BCUT2D eigenvalue weighted by Crippen LogP contribution is -2.31. The number of hydrogen-bond acceptors (Lipinski definition) is 5. The van der Waals surface area contributed by atoms with Crippen LogP contribution in [0, 0.1) is 0 Å². The third kappa shape index (κ3) is 2.74. The number of carboxylic acids is 1. The van der Waals surface area contributed by atoms with Crippen LogP contribution in [0.2, 0.25) is 0 Å². The molecular formula is C15H18N4O3. The van der Waals surface area contributed by atoms with E-state index in [4.69, 9.17) is 4.74 Å². The van der Waals surface area contributed by atoms with Crippen molar-refractivity contribution in [3.05, 3.63) is 30.0 Å². The maximum absolute atomic E-state index is 11.4. The standard InChI is InChI=1S/C15H18N4O3/c1-22-12-7-5-11(6-8-12)19-16-13(15(20)21)14(17-19)18-9-3-2-4-10-18/h5-8H,2-4,9-10H2,1H3,(H,20,21). The molecule has 7 heteroatoms. The van der Waals surface area contributed by atoms with Gasteiger partial charge in [0, 0.05) is 13.1 Å².